The first kappa shape index (κ1) is 22.0. The van der Waals surface area contributed by atoms with Crippen LogP contribution in [0.5, 0.6) is 0 Å². The fourth-order valence-corrected chi connectivity index (χ4v) is 4.49. The van der Waals surface area contributed by atoms with Gasteiger partial charge in [0.15, 0.2) is 5.96 Å². The van der Waals surface area contributed by atoms with E-state index in [0.29, 0.717) is 36.0 Å². The highest BCUT2D eigenvalue weighted by atomic mass is 32.2. The summed E-state index contributed by atoms with van der Waals surface area (Å²) in [5, 5.41) is 21.5. The standard InChI is InChI=1S/C21H28FN7S/c1-25-21(27-15-7-10-17(12-15)30-2)26-11-3-4-19-18(13-23)20(24)29(28-19)16-8-5-14(22)6-9-16/h5-6,8-9,15,17H,3-4,7,10-12,24H2,1-2H3,(H2,25,26,27). The van der Waals surface area contributed by atoms with Gasteiger partial charge in [0.2, 0.25) is 0 Å². The van der Waals surface area contributed by atoms with E-state index in [4.69, 9.17) is 5.73 Å². The number of nitrogens with two attached hydrogens (primary N) is 1. The van der Waals surface area contributed by atoms with E-state index in [2.05, 4.69) is 33.0 Å². The molecule has 2 aromatic rings. The lowest BCUT2D eigenvalue weighted by Gasteiger charge is -2.17. The third-order valence-electron chi connectivity index (χ3n) is 5.34. The molecule has 9 heteroatoms. The SMILES string of the molecule is CN=C(NCCCc1nn(-c2ccc(F)cc2)c(N)c1C#N)NC1CCC(SC)C1. The van der Waals surface area contributed by atoms with Gasteiger partial charge in [-0.3, -0.25) is 4.99 Å². The minimum Gasteiger partial charge on any atom is -0.382 e. The highest BCUT2D eigenvalue weighted by Gasteiger charge is 2.24. The first-order valence-electron chi connectivity index (χ1n) is 10.1. The van der Waals surface area contributed by atoms with Gasteiger partial charge >= 0.3 is 0 Å². The molecule has 2 atom stereocenters. The molecule has 1 aromatic carbocycles. The van der Waals surface area contributed by atoms with Crippen LogP contribution < -0.4 is 16.4 Å². The minimum atomic E-state index is -0.333. The number of benzene rings is 1. The summed E-state index contributed by atoms with van der Waals surface area (Å²) in [5.74, 6) is 0.743. The number of nitrogen functional groups attached to an aromatic ring is 1. The molecule has 0 radical (unpaired) electrons. The number of halogens is 1. The summed E-state index contributed by atoms with van der Waals surface area (Å²) < 4.78 is 14.7. The lowest BCUT2D eigenvalue weighted by atomic mass is 10.1. The molecule has 1 saturated carbocycles. The molecule has 160 valence electrons. The number of nitrogens with zero attached hydrogens (tertiary/aromatic N) is 4. The zero-order valence-corrected chi connectivity index (χ0v) is 18.2. The minimum absolute atomic E-state index is 0.272. The van der Waals surface area contributed by atoms with Crippen LogP contribution in [0.15, 0.2) is 29.3 Å². The fraction of sp³-hybridized carbons (Fsp3) is 0.476. The van der Waals surface area contributed by atoms with E-state index in [1.807, 2.05) is 11.8 Å². The monoisotopic (exact) mass is 429 g/mol. The Labute approximate surface area is 180 Å². The van der Waals surface area contributed by atoms with Crippen LogP contribution in [0.4, 0.5) is 10.2 Å². The molecule has 1 aliphatic rings. The number of nitrogens with one attached hydrogen (secondary N) is 2. The molecule has 0 bridgehead atoms. The molecule has 3 rings (SSSR count). The molecule has 0 aliphatic heterocycles. The van der Waals surface area contributed by atoms with Crippen molar-refractivity contribution in [1.82, 2.24) is 20.4 Å². The molecular weight excluding hydrogens is 401 g/mol. The lowest BCUT2D eigenvalue weighted by Crippen LogP contribution is -2.42. The Bertz CT molecular complexity index is 917. The fourth-order valence-electron chi connectivity index (χ4n) is 3.69. The van der Waals surface area contributed by atoms with Crippen LogP contribution in [-0.2, 0) is 6.42 Å². The van der Waals surface area contributed by atoms with Crippen molar-refractivity contribution in [2.45, 2.75) is 43.4 Å². The van der Waals surface area contributed by atoms with Gasteiger partial charge in [0.1, 0.15) is 23.3 Å². The predicted octanol–water partition coefficient (Wildman–Crippen LogP) is 2.85. The van der Waals surface area contributed by atoms with E-state index in [0.717, 1.165) is 30.5 Å². The summed E-state index contributed by atoms with van der Waals surface area (Å²) >= 11 is 1.93. The van der Waals surface area contributed by atoms with Crippen LogP contribution in [0, 0.1) is 17.1 Å². The number of rotatable bonds is 7. The smallest absolute Gasteiger partial charge is 0.191 e. The van der Waals surface area contributed by atoms with Gasteiger partial charge in [-0.25, -0.2) is 9.07 Å². The van der Waals surface area contributed by atoms with Crippen LogP contribution in [0.2, 0.25) is 0 Å². The molecule has 7 nitrogen and oxygen atoms in total. The van der Waals surface area contributed by atoms with Crippen molar-refractivity contribution in [3.05, 3.63) is 41.3 Å². The number of thioether (sulfide) groups is 1. The Hall–Kier alpha value is -2.73. The summed E-state index contributed by atoms with van der Waals surface area (Å²) in [6.07, 6.45) is 7.10. The molecule has 30 heavy (non-hydrogen) atoms. The molecule has 0 saturated heterocycles. The number of anilines is 1. The molecule has 1 fully saturated rings. The van der Waals surface area contributed by atoms with Gasteiger partial charge in [0.25, 0.3) is 0 Å². The second-order valence-corrected chi connectivity index (χ2v) is 8.46. The van der Waals surface area contributed by atoms with E-state index in [-0.39, 0.29) is 11.6 Å². The number of aryl methyl sites for hydroxylation is 1. The number of nitriles is 1. The van der Waals surface area contributed by atoms with Crippen molar-refractivity contribution in [1.29, 1.82) is 5.26 Å². The maximum absolute atomic E-state index is 13.2. The Balaban J connectivity index is 1.55. The first-order valence-corrected chi connectivity index (χ1v) is 11.4. The van der Waals surface area contributed by atoms with Crippen molar-refractivity contribution in [3.8, 4) is 11.8 Å². The third kappa shape index (κ3) is 5.25. The van der Waals surface area contributed by atoms with Crippen LogP contribution in [0.1, 0.15) is 36.9 Å². The topological polar surface area (TPSA) is 104 Å². The van der Waals surface area contributed by atoms with Gasteiger partial charge in [-0.15, -0.1) is 0 Å². The summed E-state index contributed by atoms with van der Waals surface area (Å²) in [6, 6.07) is 8.47. The second kappa shape index (κ2) is 10.3. The largest absolute Gasteiger partial charge is 0.382 e. The zero-order valence-electron chi connectivity index (χ0n) is 17.4. The van der Waals surface area contributed by atoms with Gasteiger partial charge in [-0.2, -0.15) is 22.1 Å². The Kier molecular flexibility index (Phi) is 7.57. The molecule has 2 unspecified atom stereocenters. The van der Waals surface area contributed by atoms with E-state index in [1.165, 1.54) is 23.2 Å². The van der Waals surface area contributed by atoms with Gasteiger partial charge in [0, 0.05) is 24.9 Å². The number of aromatic nitrogens is 2. The molecule has 0 spiro atoms. The van der Waals surface area contributed by atoms with Crippen LogP contribution >= 0.6 is 11.8 Å². The maximum Gasteiger partial charge on any atom is 0.191 e. The average Bonchev–Trinajstić information content (AvgIpc) is 3.34. The van der Waals surface area contributed by atoms with Crippen LogP contribution in [0.25, 0.3) is 5.69 Å². The normalized spacial score (nSPS) is 18.9. The van der Waals surface area contributed by atoms with Crippen molar-refractivity contribution in [2.24, 2.45) is 4.99 Å². The summed E-state index contributed by atoms with van der Waals surface area (Å²) in [7, 11) is 1.77. The third-order valence-corrected chi connectivity index (χ3v) is 6.44. The molecule has 1 heterocycles. The Morgan fingerprint density at radius 1 is 1.40 bits per heavy atom. The molecule has 1 aliphatic carbocycles. The summed E-state index contributed by atoms with van der Waals surface area (Å²) in [6.45, 7) is 0.701. The Morgan fingerprint density at radius 3 is 2.80 bits per heavy atom. The van der Waals surface area contributed by atoms with E-state index >= 15 is 0 Å². The van der Waals surface area contributed by atoms with E-state index in [1.54, 1.807) is 19.2 Å². The second-order valence-electron chi connectivity index (χ2n) is 7.32. The Morgan fingerprint density at radius 2 is 2.17 bits per heavy atom. The van der Waals surface area contributed by atoms with Crippen molar-refractivity contribution >= 4 is 23.5 Å². The predicted molar refractivity (Wildman–Crippen MR) is 120 cm³/mol. The molecular formula is C21H28FN7S. The number of aliphatic imine (C=N–C) groups is 1. The summed E-state index contributed by atoms with van der Waals surface area (Å²) in [4.78, 5) is 4.31. The van der Waals surface area contributed by atoms with Crippen molar-refractivity contribution in [3.63, 3.8) is 0 Å². The van der Waals surface area contributed by atoms with Crippen LogP contribution in [-0.4, -0.2) is 46.9 Å². The van der Waals surface area contributed by atoms with Gasteiger partial charge in [0.05, 0.1) is 11.4 Å². The highest BCUT2D eigenvalue weighted by Crippen LogP contribution is 2.28. The number of hydrogen-bond donors (Lipinski definition) is 3. The zero-order chi connectivity index (χ0) is 21.5. The molecule has 1 aromatic heterocycles. The van der Waals surface area contributed by atoms with Gasteiger partial charge in [-0.1, -0.05) is 0 Å². The maximum atomic E-state index is 13.2. The van der Waals surface area contributed by atoms with Gasteiger partial charge in [-0.05, 0) is 62.6 Å². The summed E-state index contributed by atoms with van der Waals surface area (Å²) in [5.41, 5.74) is 7.75. The van der Waals surface area contributed by atoms with E-state index in [9.17, 15) is 9.65 Å². The first-order chi connectivity index (χ1) is 14.5. The number of hydrogen-bond acceptors (Lipinski definition) is 5. The molecule has 4 N–H and O–H groups in total. The van der Waals surface area contributed by atoms with Crippen molar-refractivity contribution < 1.29 is 4.39 Å². The average molecular weight is 430 g/mol. The van der Waals surface area contributed by atoms with Gasteiger partial charge < -0.3 is 16.4 Å². The molecule has 0 amide bonds. The van der Waals surface area contributed by atoms with E-state index < -0.39 is 0 Å². The highest BCUT2D eigenvalue weighted by molar-refractivity contribution is 7.99. The van der Waals surface area contributed by atoms with Crippen molar-refractivity contribution in [2.75, 3.05) is 25.6 Å². The number of guanidine groups is 1. The lowest BCUT2D eigenvalue weighted by molar-refractivity contribution is 0.611. The quantitative estimate of drug-likeness (QED) is 0.355. The van der Waals surface area contributed by atoms with Crippen LogP contribution in [0.3, 0.4) is 0 Å².